The molecule has 0 aliphatic carbocycles. The number of benzene rings is 2. The summed E-state index contributed by atoms with van der Waals surface area (Å²) in [5, 5.41) is 12.1. The monoisotopic (exact) mass is 484 g/mol. The number of anilines is 3. The maximum Gasteiger partial charge on any atom is 0.324 e. The number of hydrogen-bond acceptors (Lipinski definition) is 6. The number of carbonyl (C=O) groups is 1. The molecule has 0 saturated carbocycles. The lowest BCUT2D eigenvalue weighted by atomic mass is 10.1. The Hall–Kier alpha value is -3.95. The predicted octanol–water partition coefficient (Wildman–Crippen LogP) is 3.92. The molecule has 0 bridgehead atoms. The number of piperazine rings is 1. The molecular weight excluding hydrogens is 452 g/mol. The van der Waals surface area contributed by atoms with Crippen LogP contribution in [0.3, 0.4) is 0 Å². The van der Waals surface area contributed by atoms with Gasteiger partial charge in [-0.05, 0) is 54.8 Å². The van der Waals surface area contributed by atoms with Crippen LogP contribution in [-0.2, 0) is 13.6 Å². The fourth-order valence-corrected chi connectivity index (χ4v) is 4.63. The molecule has 2 amide bonds. The van der Waals surface area contributed by atoms with Crippen LogP contribution in [0.1, 0.15) is 11.1 Å². The summed E-state index contributed by atoms with van der Waals surface area (Å²) in [5.74, 6) is 0.951. The zero-order valence-electron chi connectivity index (χ0n) is 21.0. The van der Waals surface area contributed by atoms with Gasteiger partial charge in [0.05, 0.1) is 5.69 Å². The molecule has 1 saturated heterocycles. The van der Waals surface area contributed by atoms with Gasteiger partial charge in [-0.25, -0.2) is 9.78 Å². The first kappa shape index (κ1) is 23.8. The van der Waals surface area contributed by atoms with E-state index in [4.69, 9.17) is 5.73 Å². The number of fused-ring (bicyclic) bond motifs is 1. The average molecular weight is 485 g/mol. The fraction of sp³-hybridized carbons (Fsp3) is 0.296. The summed E-state index contributed by atoms with van der Waals surface area (Å²) in [7, 11) is 4.01. The number of nitrogen functional groups attached to an aromatic ring is 1. The molecule has 36 heavy (non-hydrogen) atoms. The molecule has 1 aliphatic rings. The smallest absolute Gasteiger partial charge is 0.324 e. The molecule has 9 heteroatoms. The molecule has 3 heterocycles. The van der Waals surface area contributed by atoms with Crippen molar-refractivity contribution < 1.29 is 4.79 Å². The van der Waals surface area contributed by atoms with Crippen LogP contribution in [-0.4, -0.2) is 63.8 Å². The van der Waals surface area contributed by atoms with Crippen LogP contribution in [0.2, 0.25) is 0 Å². The van der Waals surface area contributed by atoms with Gasteiger partial charge in [-0.3, -0.25) is 14.9 Å². The number of urea groups is 1. The quantitative estimate of drug-likeness (QED) is 0.397. The van der Waals surface area contributed by atoms with E-state index in [1.807, 2.05) is 49.5 Å². The minimum absolute atomic E-state index is 0.335. The van der Waals surface area contributed by atoms with Crippen molar-refractivity contribution in [1.82, 2.24) is 24.6 Å². The molecule has 0 unspecified atom stereocenters. The maximum absolute atomic E-state index is 12.7. The molecule has 186 valence electrons. The van der Waals surface area contributed by atoms with Gasteiger partial charge in [0.2, 0.25) is 0 Å². The van der Waals surface area contributed by atoms with Crippen molar-refractivity contribution in [3.8, 4) is 11.3 Å². The minimum atomic E-state index is -0.335. The number of rotatable bonds is 5. The van der Waals surface area contributed by atoms with Crippen LogP contribution < -0.4 is 16.4 Å². The van der Waals surface area contributed by atoms with Crippen LogP contribution in [0.4, 0.5) is 22.1 Å². The van der Waals surface area contributed by atoms with Gasteiger partial charge in [-0.15, -0.1) is 0 Å². The SMILES string of the molecule is Cc1cc(NC(=O)Nc2cc(-c3ccc4ccnc(N)c4c3)n(C)n2)ccc1CN1CCN(C)CC1. The third-order valence-electron chi connectivity index (χ3n) is 6.80. The van der Waals surface area contributed by atoms with E-state index in [1.165, 1.54) is 5.56 Å². The van der Waals surface area contributed by atoms with Gasteiger partial charge in [-0.2, -0.15) is 5.10 Å². The third-order valence-corrected chi connectivity index (χ3v) is 6.80. The molecule has 1 fully saturated rings. The lowest BCUT2D eigenvalue weighted by Gasteiger charge is -2.32. The molecule has 0 radical (unpaired) electrons. The van der Waals surface area contributed by atoms with Crippen molar-refractivity contribution in [2.75, 3.05) is 49.6 Å². The zero-order chi connectivity index (χ0) is 25.2. The van der Waals surface area contributed by atoms with Crippen LogP contribution in [0, 0.1) is 6.92 Å². The van der Waals surface area contributed by atoms with Gasteiger partial charge >= 0.3 is 6.03 Å². The Labute approximate surface area is 210 Å². The molecule has 4 N–H and O–H groups in total. The number of nitrogens with one attached hydrogen (secondary N) is 2. The largest absolute Gasteiger partial charge is 0.383 e. The van der Waals surface area contributed by atoms with Crippen molar-refractivity contribution in [3.63, 3.8) is 0 Å². The van der Waals surface area contributed by atoms with Crippen LogP contribution in [0.15, 0.2) is 54.7 Å². The first-order valence-corrected chi connectivity index (χ1v) is 12.1. The maximum atomic E-state index is 12.7. The van der Waals surface area contributed by atoms with E-state index in [0.717, 1.165) is 66.0 Å². The molecule has 1 aliphatic heterocycles. The molecule has 0 spiro atoms. The predicted molar refractivity (Wildman–Crippen MR) is 145 cm³/mol. The normalized spacial score (nSPS) is 14.8. The lowest BCUT2D eigenvalue weighted by Crippen LogP contribution is -2.43. The number of aromatic nitrogens is 3. The Morgan fingerprint density at radius 3 is 2.58 bits per heavy atom. The highest BCUT2D eigenvalue weighted by atomic mass is 16.2. The van der Waals surface area contributed by atoms with Crippen LogP contribution >= 0.6 is 0 Å². The summed E-state index contributed by atoms with van der Waals surface area (Å²) in [5.41, 5.74) is 11.1. The second-order valence-corrected chi connectivity index (χ2v) is 9.47. The Bertz CT molecular complexity index is 1400. The average Bonchev–Trinajstić information content (AvgIpc) is 3.22. The van der Waals surface area contributed by atoms with E-state index in [0.29, 0.717) is 11.6 Å². The molecule has 9 nitrogen and oxygen atoms in total. The highest BCUT2D eigenvalue weighted by Gasteiger charge is 2.16. The summed E-state index contributed by atoms with van der Waals surface area (Å²) in [4.78, 5) is 21.7. The van der Waals surface area contributed by atoms with Crippen molar-refractivity contribution in [2.45, 2.75) is 13.5 Å². The third kappa shape index (κ3) is 5.17. The fourth-order valence-electron chi connectivity index (χ4n) is 4.63. The van der Waals surface area contributed by atoms with Crippen molar-refractivity contribution >= 4 is 34.1 Å². The Morgan fingerprint density at radius 1 is 1.00 bits per heavy atom. The second-order valence-electron chi connectivity index (χ2n) is 9.47. The standard InChI is InChI=1S/C27H32N8O/c1-18-14-22(7-6-21(18)17-35-12-10-33(2)11-13-35)30-27(36)31-25-16-24(34(3)32-25)20-5-4-19-8-9-29-26(28)23(19)15-20/h4-9,14-16H,10-13,17H2,1-3H3,(H2,28,29)(H2,30,31,32,36). The van der Waals surface area contributed by atoms with Gasteiger partial charge in [0, 0.05) is 68.7 Å². The van der Waals surface area contributed by atoms with Crippen molar-refractivity contribution in [1.29, 1.82) is 0 Å². The van der Waals surface area contributed by atoms with E-state index >= 15 is 0 Å². The number of aryl methyl sites for hydroxylation is 2. The van der Waals surface area contributed by atoms with Gasteiger partial charge in [0.1, 0.15) is 5.82 Å². The van der Waals surface area contributed by atoms with Gasteiger partial charge in [0.15, 0.2) is 5.82 Å². The number of nitrogens with two attached hydrogens (primary N) is 1. The van der Waals surface area contributed by atoms with Crippen molar-refractivity contribution in [2.24, 2.45) is 7.05 Å². The number of likely N-dealkylation sites (N-methyl/N-ethyl adjacent to an activating group) is 1. The first-order chi connectivity index (χ1) is 17.4. The van der Waals surface area contributed by atoms with Gasteiger partial charge in [0.25, 0.3) is 0 Å². The first-order valence-electron chi connectivity index (χ1n) is 12.1. The summed E-state index contributed by atoms with van der Waals surface area (Å²) >= 11 is 0. The van der Waals surface area contributed by atoms with E-state index in [-0.39, 0.29) is 6.03 Å². The summed E-state index contributed by atoms with van der Waals surface area (Å²) in [6.07, 6.45) is 1.70. The molecule has 4 aromatic rings. The Kier molecular flexibility index (Phi) is 6.58. The Balaban J connectivity index is 1.24. The van der Waals surface area contributed by atoms with Gasteiger partial charge in [-0.1, -0.05) is 18.2 Å². The topological polar surface area (TPSA) is 104 Å². The van der Waals surface area contributed by atoms with E-state index < -0.39 is 0 Å². The number of nitrogens with zero attached hydrogens (tertiary/aromatic N) is 5. The summed E-state index contributed by atoms with van der Waals surface area (Å²) in [6.45, 7) is 7.37. The molecule has 2 aromatic heterocycles. The number of amides is 2. The summed E-state index contributed by atoms with van der Waals surface area (Å²) < 4.78 is 1.74. The zero-order valence-corrected chi connectivity index (χ0v) is 21.0. The van der Waals surface area contributed by atoms with E-state index in [2.05, 4.69) is 50.6 Å². The molecule has 0 atom stereocenters. The van der Waals surface area contributed by atoms with E-state index in [9.17, 15) is 4.79 Å². The number of carbonyl (C=O) groups excluding carboxylic acids is 1. The van der Waals surface area contributed by atoms with Crippen molar-refractivity contribution in [3.05, 3.63) is 65.9 Å². The highest BCUT2D eigenvalue weighted by Crippen LogP contribution is 2.28. The van der Waals surface area contributed by atoms with Crippen LogP contribution in [0.5, 0.6) is 0 Å². The highest BCUT2D eigenvalue weighted by molar-refractivity contribution is 5.99. The lowest BCUT2D eigenvalue weighted by molar-refractivity contribution is 0.148. The minimum Gasteiger partial charge on any atom is -0.383 e. The second kappa shape index (κ2) is 9.96. The molecular formula is C27H32N8O. The molecule has 5 rings (SSSR count). The van der Waals surface area contributed by atoms with Crippen LogP contribution in [0.25, 0.3) is 22.0 Å². The summed E-state index contributed by atoms with van der Waals surface area (Å²) in [6, 6.07) is 15.5. The van der Waals surface area contributed by atoms with E-state index in [1.54, 1.807) is 10.9 Å². The molecule has 2 aromatic carbocycles. The number of hydrogen-bond donors (Lipinski definition) is 3. The number of pyridine rings is 1. The Morgan fingerprint density at radius 2 is 1.81 bits per heavy atom. The van der Waals surface area contributed by atoms with Gasteiger partial charge < -0.3 is 16.0 Å².